The van der Waals surface area contributed by atoms with Crippen LogP contribution in [0.5, 0.6) is 0 Å². The van der Waals surface area contributed by atoms with Gasteiger partial charge in [-0.3, -0.25) is 14.4 Å². The van der Waals surface area contributed by atoms with Crippen molar-refractivity contribution in [1.29, 1.82) is 0 Å². The van der Waals surface area contributed by atoms with E-state index in [1.807, 2.05) is 18.2 Å². The first-order valence-corrected chi connectivity index (χ1v) is 9.36. The summed E-state index contributed by atoms with van der Waals surface area (Å²) < 4.78 is 13.1. The van der Waals surface area contributed by atoms with E-state index in [1.165, 1.54) is 24.3 Å². The predicted octanol–water partition coefficient (Wildman–Crippen LogP) is 0.499. The van der Waals surface area contributed by atoms with Crippen LogP contribution in [0.15, 0.2) is 54.6 Å². The van der Waals surface area contributed by atoms with E-state index in [-0.39, 0.29) is 24.1 Å². The summed E-state index contributed by atoms with van der Waals surface area (Å²) in [6.45, 7) is 2.30. The third kappa shape index (κ3) is 3.41. The molecule has 0 aliphatic carbocycles. The zero-order valence-corrected chi connectivity index (χ0v) is 15.3. The Labute approximate surface area is 162 Å². The van der Waals surface area contributed by atoms with Crippen LogP contribution in [0.3, 0.4) is 0 Å². The first-order chi connectivity index (χ1) is 13.5. The number of hydrogen-bond donors (Lipinski definition) is 1. The zero-order chi connectivity index (χ0) is 19.7. The van der Waals surface area contributed by atoms with Crippen molar-refractivity contribution in [3.63, 3.8) is 0 Å². The largest absolute Gasteiger partial charge is 0.327 e. The Kier molecular flexibility index (Phi) is 4.92. The number of piperazine rings is 1. The van der Waals surface area contributed by atoms with Crippen molar-refractivity contribution >= 4 is 23.4 Å². The minimum Gasteiger partial charge on any atom is -0.327 e. The summed E-state index contributed by atoms with van der Waals surface area (Å²) >= 11 is 0. The van der Waals surface area contributed by atoms with Gasteiger partial charge in [-0.2, -0.15) is 0 Å². The number of imide groups is 1. The van der Waals surface area contributed by atoms with Gasteiger partial charge in [-0.15, -0.1) is 0 Å². The molecule has 2 fully saturated rings. The van der Waals surface area contributed by atoms with Crippen LogP contribution < -0.4 is 9.80 Å². The molecule has 2 aromatic rings. The van der Waals surface area contributed by atoms with Crippen molar-refractivity contribution in [2.75, 3.05) is 31.1 Å². The van der Waals surface area contributed by atoms with E-state index in [2.05, 4.69) is 0 Å². The number of nitrogens with zero attached hydrogens (tertiary/aromatic N) is 2. The minimum absolute atomic E-state index is 0.0126. The van der Waals surface area contributed by atoms with Gasteiger partial charge in [0.1, 0.15) is 5.82 Å². The maximum absolute atomic E-state index is 13.1. The number of carbonyl (C=O) groups excluding carboxylic acids is 3. The van der Waals surface area contributed by atoms with Gasteiger partial charge >= 0.3 is 0 Å². The monoisotopic (exact) mass is 382 g/mol. The topological polar surface area (TPSA) is 62.1 Å². The smallest absolute Gasteiger partial charge is 0.292 e. The Bertz CT molecular complexity index is 893. The summed E-state index contributed by atoms with van der Waals surface area (Å²) in [4.78, 5) is 41.8. The van der Waals surface area contributed by atoms with E-state index < -0.39 is 11.9 Å². The van der Waals surface area contributed by atoms with Crippen molar-refractivity contribution < 1.29 is 23.7 Å². The molecule has 2 aliphatic heterocycles. The van der Waals surface area contributed by atoms with Crippen molar-refractivity contribution in [3.8, 4) is 0 Å². The fourth-order valence-corrected chi connectivity index (χ4v) is 3.92. The van der Waals surface area contributed by atoms with E-state index in [9.17, 15) is 18.8 Å². The number of carbonyl (C=O) groups is 3. The lowest BCUT2D eigenvalue weighted by molar-refractivity contribution is -0.918. The van der Waals surface area contributed by atoms with Crippen molar-refractivity contribution in [2.24, 2.45) is 0 Å². The molecule has 6 nitrogen and oxygen atoms in total. The molecule has 4 rings (SSSR count). The summed E-state index contributed by atoms with van der Waals surface area (Å²) in [5.41, 5.74) is 1.05. The number of halogens is 1. The molecule has 0 spiro atoms. The molecule has 0 radical (unpaired) electrons. The summed E-state index contributed by atoms with van der Waals surface area (Å²) in [5, 5.41) is 0. The molecule has 0 aromatic heterocycles. The molecular weight excluding hydrogens is 361 g/mol. The zero-order valence-electron chi connectivity index (χ0n) is 15.3. The average Bonchev–Trinajstić information content (AvgIpc) is 3.03. The van der Waals surface area contributed by atoms with Crippen molar-refractivity contribution in [2.45, 2.75) is 12.5 Å². The van der Waals surface area contributed by atoms with E-state index in [0.29, 0.717) is 37.4 Å². The van der Waals surface area contributed by atoms with Crippen LogP contribution in [-0.4, -0.2) is 54.8 Å². The van der Waals surface area contributed by atoms with Gasteiger partial charge in [-0.25, -0.2) is 9.29 Å². The summed E-state index contributed by atoms with van der Waals surface area (Å²) in [5.74, 6) is -0.947. The normalized spacial score (nSPS) is 20.7. The van der Waals surface area contributed by atoms with E-state index in [0.717, 1.165) is 9.80 Å². The molecule has 2 heterocycles. The van der Waals surface area contributed by atoms with Crippen LogP contribution in [0.4, 0.5) is 10.1 Å². The second-order valence-corrected chi connectivity index (χ2v) is 7.12. The summed E-state index contributed by atoms with van der Waals surface area (Å²) in [6, 6.07) is 14.0. The molecule has 144 valence electrons. The fraction of sp³-hybridized carbons (Fsp3) is 0.286. The van der Waals surface area contributed by atoms with Crippen LogP contribution in [-0.2, 0) is 9.59 Å². The van der Waals surface area contributed by atoms with Gasteiger partial charge in [0.25, 0.3) is 11.8 Å². The summed E-state index contributed by atoms with van der Waals surface area (Å²) in [6.07, 6.45) is 0.137. The van der Waals surface area contributed by atoms with Crippen LogP contribution >= 0.6 is 0 Å². The lowest BCUT2D eigenvalue weighted by Crippen LogP contribution is -3.19. The van der Waals surface area contributed by atoms with Gasteiger partial charge in [-0.05, 0) is 36.4 Å². The highest BCUT2D eigenvalue weighted by atomic mass is 19.1. The number of anilines is 1. The molecule has 1 atom stereocenters. The van der Waals surface area contributed by atoms with Crippen LogP contribution in [0.1, 0.15) is 16.8 Å². The van der Waals surface area contributed by atoms with E-state index in [4.69, 9.17) is 0 Å². The first-order valence-electron chi connectivity index (χ1n) is 9.36. The third-order valence-corrected chi connectivity index (χ3v) is 5.44. The second-order valence-electron chi connectivity index (χ2n) is 7.12. The maximum Gasteiger partial charge on any atom is 0.292 e. The quantitative estimate of drug-likeness (QED) is 0.787. The van der Waals surface area contributed by atoms with Crippen LogP contribution in [0.2, 0.25) is 0 Å². The molecule has 0 saturated carbocycles. The second kappa shape index (κ2) is 7.52. The van der Waals surface area contributed by atoms with Crippen molar-refractivity contribution in [3.05, 3.63) is 66.0 Å². The SMILES string of the molecule is O=C(c1ccccc1)N1CC[NH+]([C@@H]2CC(=O)N(c3ccc(F)cc3)C2=O)CC1. The van der Waals surface area contributed by atoms with Gasteiger partial charge in [-0.1, -0.05) is 18.2 Å². The number of hydrogen-bond acceptors (Lipinski definition) is 3. The third-order valence-electron chi connectivity index (χ3n) is 5.44. The number of amides is 3. The van der Waals surface area contributed by atoms with Crippen molar-refractivity contribution in [1.82, 2.24) is 4.90 Å². The molecule has 3 amide bonds. The lowest BCUT2D eigenvalue weighted by Gasteiger charge is -2.34. The van der Waals surface area contributed by atoms with Crippen LogP contribution in [0, 0.1) is 5.82 Å². The van der Waals surface area contributed by atoms with Gasteiger partial charge in [0, 0.05) is 5.56 Å². The van der Waals surface area contributed by atoms with Gasteiger partial charge in [0.2, 0.25) is 5.91 Å². The molecule has 2 saturated heterocycles. The molecule has 7 heteroatoms. The fourth-order valence-electron chi connectivity index (χ4n) is 3.92. The molecular formula is C21H21FN3O3+. The van der Waals surface area contributed by atoms with E-state index >= 15 is 0 Å². The van der Waals surface area contributed by atoms with Gasteiger partial charge in [0.15, 0.2) is 6.04 Å². The molecule has 28 heavy (non-hydrogen) atoms. The minimum atomic E-state index is -0.452. The Hall–Kier alpha value is -3.06. The molecule has 2 aliphatic rings. The Morgan fingerprint density at radius 3 is 2.25 bits per heavy atom. The molecule has 0 bridgehead atoms. The van der Waals surface area contributed by atoms with Crippen LogP contribution in [0.25, 0.3) is 0 Å². The summed E-state index contributed by atoms with van der Waals surface area (Å²) in [7, 11) is 0. The Morgan fingerprint density at radius 2 is 1.61 bits per heavy atom. The Balaban J connectivity index is 1.41. The number of rotatable bonds is 3. The predicted molar refractivity (Wildman–Crippen MR) is 100 cm³/mol. The number of quaternary nitrogens is 1. The Morgan fingerprint density at radius 1 is 0.964 bits per heavy atom. The molecule has 0 unspecified atom stereocenters. The average molecular weight is 382 g/mol. The highest BCUT2D eigenvalue weighted by Gasteiger charge is 2.46. The standard InChI is InChI=1S/C21H20FN3O3/c22-16-6-8-17(9-7-16)25-19(26)14-18(21(25)28)23-10-12-24(13-11-23)20(27)15-4-2-1-3-5-15/h1-9,18H,10-14H2/p+1/t18-/m1/s1. The lowest BCUT2D eigenvalue weighted by atomic mass is 10.1. The maximum atomic E-state index is 13.1. The van der Waals surface area contributed by atoms with Gasteiger partial charge < -0.3 is 9.80 Å². The molecule has 1 N–H and O–H groups in total. The highest BCUT2D eigenvalue weighted by molar-refractivity contribution is 6.21. The number of benzene rings is 2. The number of nitrogens with one attached hydrogen (secondary N) is 1. The molecule has 2 aromatic carbocycles. The first kappa shape index (κ1) is 18.3. The van der Waals surface area contributed by atoms with Gasteiger partial charge in [0.05, 0.1) is 38.3 Å². The highest BCUT2D eigenvalue weighted by Crippen LogP contribution is 2.22. The van der Waals surface area contributed by atoms with E-state index in [1.54, 1.807) is 17.0 Å².